The molecule has 0 unspecified atom stereocenters. The Morgan fingerprint density at radius 1 is 1.05 bits per heavy atom. The van der Waals surface area contributed by atoms with Gasteiger partial charge in [-0.25, -0.2) is 0 Å². The first kappa shape index (κ1) is 15.8. The van der Waals surface area contributed by atoms with Crippen LogP contribution >= 0.6 is 0 Å². The number of methoxy groups -OCH3 is 2. The monoisotopic (exact) mass is 270 g/mol. The third-order valence-electron chi connectivity index (χ3n) is 2.41. The molecule has 0 fully saturated rings. The van der Waals surface area contributed by atoms with E-state index < -0.39 is 7.12 Å². The number of hydrogen-bond donors (Lipinski definition) is 2. The second-order valence-electron chi connectivity index (χ2n) is 3.73. The SMILES string of the molecule is COCCOCCOc1ccc(OC)cc1B(O)O. The minimum atomic E-state index is -1.61. The lowest BCUT2D eigenvalue weighted by atomic mass is 9.79. The summed E-state index contributed by atoms with van der Waals surface area (Å²) in [7, 11) is 1.50. The van der Waals surface area contributed by atoms with E-state index in [4.69, 9.17) is 18.9 Å². The highest BCUT2D eigenvalue weighted by molar-refractivity contribution is 6.59. The van der Waals surface area contributed by atoms with Crippen LogP contribution in [-0.4, -0.2) is 57.8 Å². The van der Waals surface area contributed by atoms with Crippen molar-refractivity contribution in [3.8, 4) is 11.5 Å². The molecule has 0 saturated carbocycles. The first-order valence-corrected chi connectivity index (χ1v) is 5.92. The molecule has 7 heteroatoms. The molecule has 0 heterocycles. The van der Waals surface area contributed by atoms with Gasteiger partial charge in [0.15, 0.2) is 0 Å². The number of rotatable bonds is 9. The fourth-order valence-corrected chi connectivity index (χ4v) is 1.44. The molecule has 0 atom stereocenters. The molecular formula is C12H19BO6. The molecule has 1 aromatic rings. The van der Waals surface area contributed by atoms with Crippen molar-refractivity contribution < 1.29 is 29.0 Å². The molecule has 0 aromatic heterocycles. The Bertz CT molecular complexity index is 371. The summed E-state index contributed by atoms with van der Waals surface area (Å²) >= 11 is 0. The molecule has 1 aromatic carbocycles. The van der Waals surface area contributed by atoms with Crippen LogP contribution in [0, 0.1) is 0 Å². The van der Waals surface area contributed by atoms with Gasteiger partial charge in [-0.2, -0.15) is 0 Å². The summed E-state index contributed by atoms with van der Waals surface area (Å²) in [5, 5.41) is 18.5. The summed E-state index contributed by atoms with van der Waals surface area (Å²) in [6.45, 7) is 1.74. The largest absolute Gasteiger partial charge is 0.497 e. The van der Waals surface area contributed by atoms with Gasteiger partial charge < -0.3 is 29.0 Å². The predicted molar refractivity (Wildman–Crippen MR) is 71.0 cm³/mol. The summed E-state index contributed by atoms with van der Waals surface area (Å²) < 4.78 is 20.5. The van der Waals surface area contributed by atoms with Crippen LogP contribution in [0.15, 0.2) is 18.2 Å². The maximum absolute atomic E-state index is 9.27. The van der Waals surface area contributed by atoms with Crippen LogP contribution < -0.4 is 14.9 Å². The normalized spacial score (nSPS) is 10.3. The first-order chi connectivity index (χ1) is 9.19. The molecule has 0 bridgehead atoms. The molecule has 106 valence electrons. The van der Waals surface area contributed by atoms with Gasteiger partial charge in [0.2, 0.25) is 0 Å². The average molecular weight is 270 g/mol. The third kappa shape index (κ3) is 5.48. The van der Waals surface area contributed by atoms with Gasteiger partial charge in [-0.15, -0.1) is 0 Å². The fraction of sp³-hybridized carbons (Fsp3) is 0.500. The van der Waals surface area contributed by atoms with E-state index in [1.807, 2.05) is 0 Å². The number of benzene rings is 1. The van der Waals surface area contributed by atoms with E-state index in [1.165, 1.54) is 13.2 Å². The van der Waals surface area contributed by atoms with Crippen molar-refractivity contribution in [3.63, 3.8) is 0 Å². The van der Waals surface area contributed by atoms with Crippen LogP contribution in [0.5, 0.6) is 11.5 Å². The van der Waals surface area contributed by atoms with Crippen molar-refractivity contribution in [2.24, 2.45) is 0 Å². The Morgan fingerprint density at radius 3 is 2.42 bits per heavy atom. The van der Waals surface area contributed by atoms with E-state index in [1.54, 1.807) is 19.2 Å². The van der Waals surface area contributed by atoms with Crippen molar-refractivity contribution >= 4 is 12.6 Å². The van der Waals surface area contributed by atoms with Crippen molar-refractivity contribution in [2.75, 3.05) is 40.6 Å². The topological polar surface area (TPSA) is 77.4 Å². The Hall–Kier alpha value is -1.28. The molecule has 0 aliphatic heterocycles. The van der Waals surface area contributed by atoms with E-state index in [0.717, 1.165) is 0 Å². The van der Waals surface area contributed by atoms with Crippen LogP contribution in [0.4, 0.5) is 0 Å². The summed E-state index contributed by atoms with van der Waals surface area (Å²) in [6.07, 6.45) is 0. The van der Waals surface area contributed by atoms with Crippen molar-refractivity contribution in [1.29, 1.82) is 0 Å². The van der Waals surface area contributed by atoms with Gasteiger partial charge in [0, 0.05) is 12.6 Å². The maximum atomic E-state index is 9.27. The second-order valence-corrected chi connectivity index (χ2v) is 3.73. The molecule has 2 N–H and O–H groups in total. The summed E-state index contributed by atoms with van der Waals surface area (Å²) in [6, 6.07) is 4.83. The lowest BCUT2D eigenvalue weighted by Gasteiger charge is -2.12. The lowest BCUT2D eigenvalue weighted by molar-refractivity contribution is 0.0545. The standard InChI is InChI=1S/C12H19BO6/c1-16-5-6-18-7-8-19-12-4-3-10(17-2)9-11(12)13(14)15/h3-4,9,14-15H,5-8H2,1-2H3. The third-order valence-corrected chi connectivity index (χ3v) is 2.41. The minimum absolute atomic E-state index is 0.260. The van der Waals surface area contributed by atoms with Crippen molar-refractivity contribution in [1.82, 2.24) is 0 Å². The quantitative estimate of drug-likeness (QED) is 0.461. The molecule has 0 saturated heterocycles. The molecule has 0 aliphatic carbocycles. The lowest BCUT2D eigenvalue weighted by Crippen LogP contribution is -2.32. The van der Waals surface area contributed by atoms with E-state index in [0.29, 0.717) is 37.9 Å². The molecule has 1 rings (SSSR count). The zero-order chi connectivity index (χ0) is 14.1. The van der Waals surface area contributed by atoms with Crippen LogP contribution in [-0.2, 0) is 9.47 Å². The second kappa shape index (κ2) is 8.76. The zero-order valence-electron chi connectivity index (χ0n) is 11.2. The molecule has 6 nitrogen and oxygen atoms in total. The highest BCUT2D eigenvalue weighted by Gasteiger charge is 2.18. The molecule has 0 aliphatic rings. The maximum Gasteiger partial charge on any atom is 0.492 e. The van der Waals surface area contributed by atoms with Crippen LogP contribution in [0.1, 0.15) is 0 Å². The zero-order valence-corrected chi connectivity index (χ0v) is 11.2. The van der Waals surface area contributed by atoms with Crippen molar-refractivity contribution in [3.05, 3.63) is 18.2 Å². The minimum Gasteiger partial charge on any atom is -0.497 e. The van der Waals surface area contributed by atoms with Gasteiger partial charge in [0.05, 0.1) is 26.9 Å². The van der Waals surface area contributed by atoms with E-state index >= 15 is 0 Å². The summed E-state index contributed by atoms with van der Waals surface area (Å²) in [5.74, 6) is 0.929. The number of hydrogen-bond acceptors (Lipinski definition) is 6. The summed E-state index contributed by atoms with van der Waals surface area (Å²) in [4.78, 5) is 0. The molecular weight excluding hydrogens is 251 g/mol. The first-order valence-electron chi connectivity index (χ1n) is 5.92. The van der Waals surface area contributed by atoms with Gasteiger partial charge in [-0.3, -0.25) is 0 Å². The van der Waals surface area contributed by atoms with Crippen LogP contribution in [0.25, 0.3) is 0 Å². The highest BCUT2D eigenvalue weighted by Crippen LogP contribution is 2.15. The van der Waals surface area contributed by atoms with Gasteiger partial charge in [-0.05, 0) is 18.2 Å². The molecule has 19 heavy (non-hydrogen) atoms. The van der Waals surface area contributed by atoms with Gasteiger partial charge in [0.1, 0.15) is 18.1 Å². The summed E-state index contributed by atoms with van der Waals surface area (Å²) in [5.41, 5.74) is 0.260. The smallest absolute Gasteiger partial charge is 0.492 e. The number of ether oxygens (including phenoxy) is 4. The van der Waals surface area contributed by atoms with Crippen LogP contribution in [0.3, 0.4) is 0 Å². The fourth-order valence-electron chi connectivity index (χ4n) is 1.44. The Labute approximate surface area is 113 Å². The Kier molecular flexibility index (Phi) is 7.28. The van der Waals surface area contributed by atoms with Gasteiger partial charge in [-0.1, -0.05) is 0 Å². The van der Waals surface area contributed by atoms with E-state index in [-0.39, 0.29) is 5.46 Å². The molecule has 0 spiro atoms. The van der Waals surface area contributed by atoms with E-state index in [9.17, 15) is 10.0 Å². The Balaban J connectivity index is 2.48. The Morgan fingerprint density at radius 2 is 1.79 bits per heavy atom. The highest BCUT2D eigenvalue weighted by atomic mass is 16.5. The predicted octanol–water partition coefficient (Wildman–Crippen LogP) is -0.583. The van der Waals surface area contributed by atoms with Gasteiger partial charge in [0.25, 0.3) is 0 Å². The van der Waals surface area contributed by atoms with Gasteiger partial charge >= 0.3 is 7.12 Å². The molecule has 0 amide bonds. The van der Waals surface area contributed by atoms with E-state index in [2.05, 4.69) is 0 Å². The van der Waals surface area contributed by atoms with Crippen LogP contribution in [0.2, 0.25) is 0 Å². The average Bonchev–Trinajstić information content (AvgIpc) is 2.42. The molecule has 0 radical (unpaired) electrons. The van der Waals surface area contributed by atoms with Crippen molar-refractivity contribution in [2.45, 2.75) is 0 Å².